The highest BCUT2D eigenvalue weighted by atomic mass is 79.9. The topological polar surface area (TPSA) is 58.6 Å². The molecule has 1 aliphatic carbocycles. The minimum absolute atomic E-state index is 0.122. The van der Waals surface area contributed by atoms with Crippen LogP contribution in [-0.2, 0) is 22.6 Å². The number of carbonyl (C=O) groups is 2. The van der Waals surface area contributed by atoms with Crippen LogP contribution in [0.2, 0.25) is 5.02 Å². The lowest BCUT2D eigenvalue weighted by atomic mass is 10.0. The predicted molar refractivity (Wildman–Crippen MR) is 146 cm³/mol. The summed E-state index contributed by atoms with van der Waals surface area (Å²) in [4.78, 5) is 28.9. The molecule has 2 amide bonds. The molecule has 1 N–H and O–H groups in total. The molecule has 0 radical (unpaired) electrons. The van der Waals surface area contributed by atoms with Crippen LogP contribution in [0.1, 0.15) is 36.8 Å². The minimum atomic E-state index is -0.669. The summed E-state index contributed by atoms with van der Waals surface area (Å²) in [5.41, 5.74) is 1.95. The number of hydrogen-bond acceptors (Lipinski definition) is 3. The van der Waals surface area contributed by atoms with E-state index in [1.54, 1.807) is 23.1 Å². The van der Waals surface area contributed by atoms with Gasteiger partial charge in [-0.1, -0.05) is 85.1 Å². The fraction of sp³-hybridized carbons (Fsp3) is 0.310. The standard InChI is InChI=1S/C29H30BrClN2O3/c30-25-18-23(31)15-16-27(25)36-20-28(34)33(19-22-11-5-2-6-12-22)26(17-21-9-3-1-4-10-21)29(35)32-24-13-7-8-14-24/h1-6,9-12,15-16,18,24,26H,7-8,13-14,17,19-20H2,(H,32,35)/t26-/m0/s1. The number of rotatable bonds is 10. The molecule has 1 aliphatic rings. The van der Waals surface area contributed by atoms with Crippen molar-refractivity contribution in [3.8, 4) is 5.75 Å². The number of ether oxygens (including phenoxy) is 1. The average molecular weight is 570 g/mol. The molecule has 7 heteroatoms. The molecule has 4 rings (SSSR count). The molecule has 0 bridgehead atoms. The Morgan fingerprint density at radius 3 is 2.25 bits per heavy atom. The van der Waals surface area contributed by atoms with Gasteiger partial charge in [0.15, 0.2) is 6.61 Å². The molecule has 1 saturated carbocycles. The summed E-state index contributed by atoms with van der Waals surface area (Å²) < 4.78 is 6.52. The Morgan fingerprint density at radius 2 is 1.61 bits per heavy atom. The van der Waals surface area contributed by atoms with Crippen LogP contribution < -0.4 is 10.1 Å². The SMILES string of the molecule is O=C(NC1CCCC1)[C@H](Cc1ccccc1)N(Cc1ccccc1)C(=O)COc1ccc(Cl)cc1Br. The Kier molecular flexibility index (Phi) is 9.42. The van der Waals surface area contributed by atoms with Gasteiger partial charge in [-0.2, -0.15) is 0 Å². The third-order valence-electron chi connectivity index (χ3n) is 6.41. The first-order valence-corrected chi connectivity index (χ1v) is 13.4. The van der Waals surface area contributed by atoms with Gasteiger partial charge < -0.3 is 15.0 Å². The zero-order valence-electron chi connectivity index (χ0n) is 20.0. The van der Waals surface area contributed by atoms with E-state index in [4.69, 9.17) is 16.3 Å². The molecule has 0 aromatic heterocycles. The van der Waals surface area contributed by atoms with Crippen molar-refractivity contribution < 1.29 is 14.3 Å². The van der Waals surface area contributed by atoms with E-state index in [1.807, 2.05) is 60.7 Å². The van der Waals surface area contributed by atoms with Crippen LogP contribution in [0.3, 0.4) is 0 Å². The van der Waals surface area contributed by atoms with Crippen molar-refractivity contribution in [3.05, 3.63) is 99.5 Å². The quantitative estimate of drug-likeness (QED) is 0.317. The molecular weight excluding hydrogens is 540 g/mol. The highest BCUT2D eigenvalue weighted by Crippen LogP contribution is 2.28. The summed E-state index contributed by atoms with van der Waals surface area (Å²) >= 11 is 9.47. The van der Waals surface area contributed by atoms with E-state index in [9.17, 15) is 9.59 Å². The monoisotopic (exact) mass is 568 g/mol. The van der Waals surface area contributed by atoms with Crippen LogP contribution in [0.4, 0.5) is 0 Å². The maximum atomic E-state index is 13.7. The van der Waals surface area contributed by atoms with Gasteiger partial charge in [0.2, 0.25) is 5.91 Å². The summed E-state index contributed by atoms with van der Waals surface area (Å²) in [5, 5.41) is 3.78. The minimum Gasteiger partial charge on any atom is -0.483 e. The number of carbonyl (C=O) groups excluding carboxylic acids is 2. The number of nitrogens with one attached hydrogen (secondary N) is 1. The number of nitrogens with zero attached hydrogens (tertiary/aromatic N) is 1. The van der Waals surface area contributed by atoms with Crippen molar-refractivity contribution in [2.24, 2.45) is 0 Å². The normalized spacial score (nSPS) is 14.3. The molecule has 0 spiro atoms. The number of hydrogen-bond donors (Lipinski definition) is 1. The van der Waals surface area contributed by atoms with Gasteiger partial charge in [0.1, 0.15) is 11.8 Å². The van der Waals surface area contributed by atoms with Gasteiger partial charge in [-0.3, -0.25) is 9.59 Å². The third-order valence-corrected chi connectivity index (χ3v) is 7.27. The van der Waals surface area contributed by atoms with Crippen LogP contribution in [0.25, 0.3) is 0 Å². The van der Waals surface area contributed by atoms with Crippen LogP contribution in [0, 0.1) is 0 Å². The first-order chi connectivity index (χ1) is 17.5. The van der Waals surface area contributed by atoms with Gasteiger partial charge in [0, 0.05) is 24.0 Å². The van der Waals surface area contributed by atoms with Crippen molar-refractivity contribution in [1.82, 2.24) is 10.2 Å². The van der Waals surface area contributed by atoms with Crippen molar-refractivity contribution in [1.29, 1.82) is 0 Å². The summed E-state index contributed by atoms with van der Waals surface area (Å²) in [6.07, 6.45) is 4.60. The highest BCUT2D eigenvalue weighted by molar-refractivity contribution is 9.10. The summed E-state index contributed by atoms with van der Waals surface area (Å²) in [6.45, 7) is 0.107. The van der Waals surface area contributed by atoms with Gasteiger partial charge in [-0.25, -0.2) is 0 Å². The Labute approximate surface area is 225 Å². The fourth-order valence-corrected chi connectivity index (χ4v) is 5.31. The smallest absolute Gasteiger partial charge is 0.261 e. The van der Waals surface area contributed by atoms with E-state index >= 15 is 0 Å². The second kappa shape index (κ2) is 12.9. The van der Waals surface area contributed by atoms with Crippen molar-refractivity contribution >= 4 is 39.3 Å². The molecule has 0 saturated heterocycles. The lowest BCUT2D eigenvalue weighted by molar-refractivity contribution is -0.143. The van der Waals surface area contributed by atoms with E-state index in [0.717, 1.165) is 36.8 Å². The molecule has 0 aliphatic heterocycles. The van der Waals surface area contributed by atoms with Gasteiger partial charge in [0.05, 0.1) is 4.47 Å². The predicted octanol–water partition coefficient (Wildman–Crippen LogP) is 6.18. The lowest BCUT2D eigenvalue weighted by Gasteiger charge is -2.32. The Bertz CT molecular complexity index is 1150. The van der Waals surface area contributed by atoms with Crippen LogP contribution >= 0.6 is 27.5 Å². The third kappa shape index (κ3) is 7.34. The maximum Gasteiger partial charge on any atom is 0.261 e. The molecule has 5 nitrogen and oxygen atoms in total. The molecule has 188 valence electrons. The Balaban J connectivity index is 1.60. The summed E-state index contributed by atoms with van der Waals surface area (Å²) in [7, 11) is 0. The second-order valence-corrected chi connectivity index (χ2v) is 10.4. The van der Waals surface area contributed by atoms with E-state index in [1.165, 1.54) is 0 Å². The van der Waals surface area contributed by atoms with E-state index in [-0.39, 0.29) is 24.5 Å². The van der Waals surface area contributed by atoms with Crippen LogP contribution in [-0.4, -0.2) is 35.4 Å². The molecule has 3 aromatic carbocycles. The lowest BCUT2D eigenvalue weighted by Crippen LogP contribution is -2.53. The summed E-state index contributed by atoms with van der Waals surface area (Å²) in [6, 6.07) is 24.2. The molecule has 0 unspecified atom stereocenters. The van der Waals surface area contributed by atoms with E-state index in [2.05, 4.69) is 21.2 Å². The molecule has 3 aromatic rings. The first-order valence-electron chi connectivity index (χ1n) is 12.2. The highest BCUT2D eigenvalue weighted by Gasteiger charge is 2.32. The maximum absolute atomic E-state index is 13.7. The van der Waals surface area contributed by atoms with Gasteiger partial charge in [-0.05, 0) is 58.1 Å². The van der Waals surface area contributed by atoms with Crippen LogP contribution in [0.15, 0.2) is 83.3 Å². The number of benzene rings is 3. The van der Waals surface area contributed by atoms with Crippen molar-refractivity contribution in [3.63, 3.8) is 0 Å². The summed E-state index contributed by atoms with van der Waals surface area (Å²) in [5.74, 6) is 0.133. The van der Waals surface area contributed by atoms with Crippen LogP contribution in [0.5, 0.6) is 5.75 Å². The molecule has 0 heterocycles. The van der Waals surface area contributed by atoms with E-state index < -0.39 is 6.04 Å². The molecule has 36 heavy (non-hydrogen) atoms. The zero-order valence-corrected chi connectivity index (χ0v) is 22.4. The molecular formula is C29H30BrClN2O3. The van der Waals surface area contributed by atoms with Gasteiger partial charge in [0.25, 0.3) is 5.91 Å². The number of halogens is 2. The van der Waals surface area contributed by atoms with Gasteiger partial charge >= 0.3 is 0 Å². The zero-order chi connectivity index (χ0) is 25.3. The first kappa shape index (κ1) is 26.2. The Morgan fingerprint density at radius 1 is 0.972 bits per heavy atom. The van der Waals surface area contributed by atoms with E-state index in [0.29, 0.717) is 28.2 Å². The average Bonchev–Trinajstić information content (AvgIpc) is 3.39. The fourth-order valence-electron chi connectivity index (χ4n) is 4.52. The largest absolute Gasteiger partial charge is 0.483 e. The van der Waals surface area contributed by atoms with Crippen molar-refractivity contribution in [2.75, 3.05) is 6.61 Å². The van der Waals surface area contributed by atoms with Gasteiger partial charge in [-0.15, -0.1) is 0 Å². The second-order valence-electron chi connectivity index (χ2n) is 9.07. The molecule has 1 atom stereocenters. The number of amides is 2. The Hall–Kier alpha value is -2.83. The van der Waals surface area contributed by atoms with Crippen molar-refractivity contribution in [2.45, 2.75) is 50.7 Å². The molecule has 1 fully saturated rings.